The van der Waals surface area contributed by atoms with Crippen molar-refractivity contribution in [2.75, 3.05) is 6.54 Å². The van der Waals surface area contributed by atoms with Gasteiger partial charge in [-0.2, -0.15) is 0 Å². The lowest BCUT2D eigenvalue weighted by atomic mass is 10.0. The van der Waals surface area contributed by atoms with E-state index in [1.807, 2.05) is 12.1 Å². The normalized spacial score (nSPS) is 12.6. The number of hydrogen-bond acceptors (Lipinski definition) is 2. The van der Waals surface area contributed by atoms with Gasteiger partial charge in [-0.1, -0.05) is 34.5 Å². The highest BCUT2D eigenvalue weighted by Crippen LogP contribution is 2.31. The van der Waals surface area contributed by atoms with E-state index in [0.29, 0.717) is 0 Å². The molecule has 20 heavy (non-hydrogen) atoms. The molecule has 2 aromatic rings. The molecule has 1 nitrogen and oxygen atoms in total. The van der Waals surface area contributed by atoms with E-state index in [2.05, 4.69) is 28.2 Å². The summed E-state index contributed by atoms with van der Waals surface area (Å²) in [6, 6.07) is 8.90. The highest BCUT2D eigenvalue weighted by Gasteiger charge is 2.15. The molecule has 0 saturated carbocycles. The van der Waals surface area contributed by atoms with Crippen molar-refractivity contribution >= 4 is 38.9 Å². The van der Waals surface area contributed by atoms with Gasteiger partial charge in [0.25, 0.3) is 0 Å². The number of thiophene rings is 1. The van der Waals surface area contributed by atoms with Crippen LogP contribution in [0.3, 0.4) is 0 Å². The largest absolute Gasteiger partial charge is 0.309 e. The second-order valence-corrected chi connectivity index (χ2v) is 7.19. The number of hydrogen-bond donors (Lipinski definition) is 1. The summed E-state index contributed by atoms with van der Waals surface area (Å²) in [6.45, 7) is 3.05. The number of rotatable bonds is 6. The molecule has 108 valence electrons. The molecule has 1 heterocycles. The van der Waals surface area contributed by atoms with Crippen LogP contribution in [-0.4, -0.2) is 6.54 Å². The quantitative estimate of drug-likeness (QED) is 0.693. The van der Waals surface area contributed by atoms with Gasteiger partial charge in [-0.25, -0.2) is 4.39 Å². The van der Waals surface area contributed by atoms with Crippen molar-refractivity contribution in [2.45, 2.75) is 25.8 Å². The van der Waals surface area contributed by atoms with Gasteiger partial charge in [0.2, 0.25) is 0 Å². The van der Waals surface area contributed by atoms with Gasteiger partial charge in [0.05, 0.1) is 4.34 Å². The SMILES string of the molecule is CCCNC(Cc1cc(F)ccc1Br)c1ccc(Cl)s1. The second-order valence-electron chi connectivity index (χ2n) is 4.59. The Kier molecular flexibility index (Phi) is 6.02. The van der Waals surface area contributed by atoms with E-state index in [1.165, 1.54) is 10.9 Å². The predicted molar refractivity (Wildman–Crippen MR) is 88.2 cm³/mol. The molecule has 0 fully saturated rings. The van der Waals surface area contributed by atoms with Crippen molar-refractivity contribution in [1.29, 1.82) is 0 Å². The molecule has 0 aliphatic carbocycles. The van der Waals surface area contributed by atoms with Crippen LogP contribution >= 0.6 is 38.9 Å². The maximum atomic E-state index is 13.4. The predicted octanol–water partition coefficient (Wildman–Crippen LogP) is 5.59. The molecule has 5 heteroatoms. The van der Waals surface area contributed by atoms with Crippen LogP contribution < -0.4 is 5.32 Å². The number of halogens is 3. The molecule has 1 N–H and O–H groups in total. The van der Waals surface area contributed by atoms with Gasteiger partial charge in [0.1, 0.15) is 5.82 Å². The first kappa shape index (κ1) is 16.0. The van der Waals surface area contributed by atoms with Gasteiger partial charge in [0.15, 0.2) is 0 Å². The molecular weight excluding hydrogens is 361 g/mol. The summed E-state index contributed by atoms with van der Waals surface area (Å²) in [6.07, 6.45) is 1.79. The molecule has 0 amide bonds. The average molecular weight is 377 g/mol. The fourth-order valence-corrected chi connectivity index (χ4v) is 3.57. The van der Waals surface area contributed by atoms with Crippen molar-refractivity contribution in [3.63, 3.8) is 0 Å². The fourth-order valence-electron chi connectivity index (χ4n) is 2.03. The second kappa shape index (κ2) is 7.55. The van der Waals surface area contributed by atoms with Crippen molar-refractivity contribution in [3.8, 4) is 0 Å². The first-order chi connectivity index (χ1) is 9.60. The fraction of sp³-hybridized carbons (Fsp3) is 0.333. The minimum absolute atomic E-state index is 0.158. The summed E-state index contributed by atoms with van der Waals surface area (Å²) < 4.78 is 15.1. The summed E-state index contributed by atoms with van der Waals surface area (Å²) in [5.41, 5.74) is 0.961. The van der Waals surface area contributed by atoms with E-state index in [9.17, 15) is 4.39 Å². The van der Waals surface area contributed by atoms with Crippen molar-refractivity contribution in [2.24, 2.45) is 0 Å². The van der Waals surface area contributed by atoms with E-state index >= 15 is 0 Å². The van der Waals surface area contributed by atoms with Gasteiger partial charge in [-0.05, 0) is 55.3 Å². The van der Waals surface area contributed by atoms with E-state index in [1.54, 1.807) is 23.5 Å². The summed E-state index contributed by atoms with van der Waals surface area (Å²) in [5, 5.41) is 3.50. The zero-order valence-electron chi connectivity index (χ0n) is 11.1. The third kappa shape index (κ3) is 4.29. The highest BCUT2D eigenvalue weighted by molar-refractivity contribution is 9.10. The molecule has 2 rings (SSSR count). The van der Waals surface area contributed by atoms with Crippen LogP contribution in [0.4, 0.5) is 4.39 Å². The smallest absolute Gasteiger partial charge is 0.123 e. The molecule has 1 aromatic carbocycles. The standard InChI is InChI=1S/C15H16BrClFNS/c1-2-7-19-13(14-5-6-15(17)20-14)9-10-8-11(18)3-4-12(10)16/h3-6,8,13,19H,2,7,9H2,1H3. The summed E-state index contributed by atoms with van der Waals surface area (Å²) >= 11 is 11.1. The molecule has 0 aliphatic heterocycles. The maximum absolute atomic E-state index is 13.4. The molecule has 0 bridgehead atoms. The molecule has 1 atom stereocenters. The van der Waals surface area contributed by atoms with Crippen LogP contribution in [0, 0.1) is 5.82 Å². The Morgan fingerprint density at radius 2 is 2.15 bits per heavy atom. The van der Waals surface area contributed by atoms with Crippen LogP contribution in [0.5, 0.6) is 0 Å². The summed E-state index contributed by atoms with van der Waals surface area (Å²) in [4.78, 5) is 1.18. The Morgan fingerprint density at radius 3 is 2.80 bits per heavy atom. The van der Waals surface area contributed by atoms with Crippen molar-refractivity contribution in [3.05, 3.63) is 55.4 Å². The molecule has 0 spiro atoms. The minimum atomic E-state index is -0.207. The summed E-state index contributed by atoms with van der Waals surface area (Å²) in [7, 11) is 0. The molecular formula is C15H16BrClFNS. The van der Waals surface area contributed by atoms with Crippen molar-refractivity contribution < 1.29 is 4.39 Å². The molecule has 0 aliphatic rings. The first-order valence-electron chi connectivity index (χ1n) is 6.52. The van der Waals surface area contributed by atoms with E-state index in [-0.39, 0.29) is 11.9 Å². The van der Waals surface area contributed by atoms with Gasteiger partial charge in [-0.15, -0.1) is 11.3 Å². The Bertz CT molecular complexity index is 573. The Labute approximate surface area is 136 Å². The van der Waals surface area contributed by atoms with E-state index in [4.69, 9.17) is 11.6 Å². The maximum Gasteiger partial charge on any atom is 0.123 e. The molecule has 0 saturated heterocycles. The van der Waals surface area contributed by atoms with Crippen LogP contribution in [0.15, 0.2) is 34.8 Å². The van der Waals surface area contributed by atoms with Gasteiger partial charge >= 0.3 is 0 Å². The van der Waals surface area contributed by atoms with E-state index in [0.717, 1.165) is 33.8 Å². The van der Waals surface area contributed by atoms with Gasteiger partial charge in [-0.3, -0.25) is 0 Å². The first-order valence-corrected chi connectivity index (χ1v) is 8.51. The van der Waals surface area contributed by atoms with Crippen molar-refractivity contribution in [1.82, 2.24) is 5.32 Å². The van der Waals surface area contributed by atoms with E-state index < -0.39 is 0 Å². The number of benzene rings is 1. The molecule has 1 aromatic heterocycles. The topological polar surface area (TPSA) is 12.0 Å². The van der Waals surface area contributed by atoms with Crippen LogP contribution in [-0.2, 0) is 6.42 Å². The lowest BCUT2D eigenvalue weighted by molar-refractivity contribution is 0.533. The lowest BCUT2D eigenvalue weighted by Gasteiger charge is -2.18. The Hall–Kier alpha value is -0.420. The highest BCUT2D eigenvalue weighted by atomic mass is 79.9. The minimum Gasteiger partial charge on any atom is -0.309 e. The summed E-state index contributed by atoms with van der Waals surface area (Å²) in [5.74, 6) is -0.207. The third-order valence-corrected chi connectivity index (χ3v) is 5.13. The zero-order valence-corrected chi connectivity index (χ0v) is 14.3. The zero-order chi connectivity index (χ0) is 14.5. The molecule has 0 radical (unpaired) electrons. The van der Waals surface area contributed by atoms with Crippen LogP contribution in [0.2, 0.25) is 4.34 Å². The lowest BCUT2D eigenvalue weighted by Crippen LogP contribution is -2.23. The monoisotopic (exact) mass is 375 g/mol. The van der Waals surface area contributed by atoms with Crippen LogP contribution in [0.25, 0.3) is 0 Å². The average Bonchev–Trinajstić information content (AvgIpc) is 2.85. The van der Waals surface area contributed by atoms with Crippen LogP contribution in [0.1, 0.15) is 29.8 Å². The van der Waals surface area contributed by atoms with Gasteiger partial charge in [0, 0.05) is 15.4 Å². The number of nitrogens with one attached hydrogen (secondary N) is 1. The Balaban J connectivity index is 2.21. The molecule has 1 unspecified atom stereocenters. The van der Waals surface area contributed by atoms with Gasteiger partial charge < -0.3 is 5.32 Å². The Morgan fingerprint density at radius 1 is 1.35 bits per heavy atom. The third-order valence-electron chi connectivity index (χ3n) is 3.01.